The minimum Gasteiger partial charge on any atom is -0.310 e. The van der Waals surface area contributed by atoms with Crippen molar-refractivity contribution in [2.75, 3.05) is 4.90 Å². The highest BCUT2D eigenvalue weighted by atomic mass is 35.5. The van der Waals surface area contributed by atoms with E-state index in [1.165, 1.54) is 0 Å². The highest BCUT2D eigenvalue weighted by Crippen LogP contribution is 2.36. The monoisotopic (exact) mass is 293 g/mol. The maximum Gasteiger partial charge on any atom is 0.0491 e. The fourth-order valence-electron chi connectivity index (χ4n) is 2.45. The number of hydrogen-bond donors (Lipinski definition) is 0. The number of rotatable bonds is 3. The summed E-state index contributed by atoms with van der Waals surface area (Å²) in [4.78, 5) is 2.24. The van der Waals surface area contributed by atoms with E-state index in [0.29, 0.717) is 0 Å². The van der Waals surface area contributed by atoms with Crippen LogP contribution in [0.4, 0.5) is 17.1 Å². The lowest BCUT2D eigenvalue weighted by Crippen LogP contribution is -2.10. The second-order valence-electron chi connectivity index (χ2n) is 4.94. The molecule has 0 unspecified atom stereocenters. The van der Waals surface area contributed by atoms with Gasteiger partial charge in [-0.2, -0.15) is 0 Å². The first kappa shape index (κ1) is 13.7. The number of anilines is 3. The number of halogens is 1. The molecular formula is C19H16ClN. The molecule has 3 rings (SSSR count). The predicted molar refractivity (Wildman–Crippen MR) is 90.9 cm³/mol. The van der Waals surface area contributed by atoms with E-state index >= 15 is 0 Å². The van der Waals surface area contributed by atoms with Gasteiger partial charge in [0.1, 0.15) is 0 Å². The topological polar surface area (TPSA) is 3.24 Å². The molecule has 3 aromatic rings. The summed E-state index contributed by atoms with van der Waals surface area (Å²) in [7, 11) is 0. The Labute approximate surface area is 130 Å². The highest BCUT2D eigenvalue weighted by Gasteiger charge is 2.13. The predicted octanol–water partition coefficient (Wildman–Crippen LogP) is 6.12. The zero-order chi connectivity index (χ0) is 14.7. The minimum absolute atomic E-state index is 0.761. The molecule has 0 aromatic heterocycles. The van der Waals surface area contributed by atoms with Crippen molar-refractivity contribution in [3.8, 4) is 0 Å². The molecule has 3 aromatic carbocycles. The molecule has 0 spiro atoms. The maximum atomic E-state index is 6.10. The van der Waals surface area contributed by atoms with Gasteiger partial charge in [-0.15, -0.1) is 0 Å². The van der Waals surface area contributed by atoms with Gasteiger partial charge in [-0.25, -0.2) is 0 Å². The number of nitrogens with zero attached hydrogens (tertiary/aromatic N) is 1. The van der Waals surface area contributed by atoms with Crippen LogP contribution in [0.3, 0.4) is 0 Å². The second kappa shape index (κ2) is 6.02. The molecule has 0 saturated heterocycles. The van der Waals surface area contributed by atoms with Crippen molar-refractivity contribution in [3.05, 3.63) is 89.4 Å². The number of hydrogen-bond acceptors (Lipinski definition) is 1. The van der Waals surface area contributed by atoms with Crippen LogP contribution in [0.5, 0.6) is 0 Å². The molecule has 0 saturated carbocycles. The van der Waals surface area contributed by atoms with Gasteiger partial charge < -0.3 is 4.90 Å². The SMILES string of the molecule is Cc1cc(Cl)ccc1N(c1ccccc1)c1ccccc1. The van der Waals surface area contributed by atoms with Gasteiger partial charge in [-0.3, -0.25) is 0 Å². The van der Waals surface area contributed by atoms with Crippen LogP contribution >= 0.6 is 11.6 Å². The fraction of sp³-hybridized carbons (Fsp3) is 0.0526. The van der Waals surface area contributed by atoms with E-state index in [-0.39, 0.29) is 0 Å². The lowest BCUT2D eigenvalue weighted by atomic mass is 10.1. The molecule has 0 N–H and O–H groups in total. The zero-order valence-corrected chi connectivity index (χ0v) is 12.6. The van der Waals surface area contributed by atoms with E-state index in [0.717, 1.165) is 27.6 Å². The van der Waals surface area contributed by atoms with Crippen molar-refractivity contribution in [2.24, 2.45) is 0 Å². The van der Waals surface area contributed by atoms with Crippen LogP contribution in [-0.4, -0.2) is 0 Å². The minimum atomic E-state index is 0.761. The van der Waals surface area contributed by atoms with Gasteiger partial charge in [-0.05, 0) is 55.0 Å². The fourth-order valence-corrected chi connectivity index (χ4v) is 2.68. The average molecular weight is 294 g/mol. The van der Waals surface area contributed by atoms with E-state index in [1.54, 1.807) is 0 Å². The summed E-state index contributed by atoms with van der Waals surface area (Å²) in [6.45, 7) is 2.08. The number of para-hydroxylation sites is 2. The Balaban J connectivity index is 2.17. The third kappa shape index (κ3) is 2.93. The van der Waals surface area contributed by atoms with Crippen molar-refractivity contribution in [1.82, 2.24) is 0 Å². The molecule has 2 heteroatoms. The van der Waals surface area contributed by atoms with Crippen LogP contribution < -0.4 is 4.90 Å². The third-order valence-corrected chi connectivity index (χ3v) is 3.66. The van der Waals surface area contributed by atoms with Gasteiger partial charge in [0.25, 0.3) is 0 Å². The van der Waals surface area contributed by atoms with Crippen LogP contribution in [0.1, 0.15) is 5.56 Å². The molecule has 21 heavy (non-hydrogen) atoms. The summed E-state index contributed by atoms with van der Waals surface area (Å²) in [5.74, 6) is 0. The molecular weight excluding hydrogens is 278 g/mol. The standard InChI is InChI=1S/C19H16ClN/c1-15-14-16(20)12-13-19(15)21(17-8-4-2-5-9-17)18-10-6-3-7-11-18/h2-14H,1H3. The summed E-state index contributed by atoms with van der Waals surface area (Å²) in [5.41, 5.74) is 4.55. The Hall–Kier alpha value is -2.25. The maximum absolute atomic E-state index is 6.10. The average Bonchev–Trinajstić information content (AvgIpc) is 2.52. The second-order valence-corrected chi connectivity index (χ2v) is 5.37. The first-order valence-corrected chi connectivity index (χ1v) is 7.30. The molecule has 0 radical (unpaired) electrons. The third-order valence-electron chi connectivity index (χ3n) is 3.43. The van der Waals surface area contributed by atoms with Gasteiger partial charge in [0.05, 0.1) is 0 Å². The quantitative estimate of drug-likeness (QED) is 0.562. The summed E-state index contributed by atoms with van der Waals surface area (Å²) >= 11 is 6.10. The molecule has 0 atom stereocenters. The molecule has 0 fully saturated rings. The van der Waals surface area contributed by atoms with E-state index in [2.05, 4.69) is 66.4 Å². The van der Waals surface area contributed by atoms with Gasteiger partial charge in [0.15, 0.2) is 0 Å². The normalized spacial score (nSPS) is 10.4. The Morgan fingerprint density at radius 2 is 1.24 bits per heavy atom. The zero-order valence-electron chi connectivity index (χ0n) is 11.8. The van der Waals surface area contributed by atoms with Gasteiger partial charge in [-0.1, -0.05) is 48.0 Å². The molecule has 0 bridgehead atoms. The highest BCUT2D eigenvalue weighted by molar-refractivity contribution is 6.30. The Morgan fingerprint density at radius 1 is 0.714 bits per heavy atom. The summed E-state index contributed by atoms with van der Waals surface area (Å²) in [5, 5.41) is 0.761. The molecule has 0 aliphatic heterocycles. The Morgan fingerprint density at radius 3 is 1.71 bits per heavy atom. The molecule has 0 heterocycles. The summed E-state index contributed by atoms with van der Waals surface area (Å²) in [6, 6.07) is 26.7. The largest absolute Gasteiger partial charge is 0.310 e. The van der Waals surface area contributed by atoms with Gasteiger partial charge in [0.2, 0.25) is 0 Å². The summed E-state index contributed by atoms with van der Waals surface area (Å²) < 4.78 is 0. The van der Waals surface area contributed by atoms with Crippen LogP contribution in [0.25, 0.3) is 0 Å². The van der Waals surface area contributed by atoms with Crippen LogP contribution in [0.15, 0.2) is 78.9 Å². The van der Waals surface area contributed by atoms with Crippen molar-refractivity contribution < 1.29 is 0 Å². The van der Waals surface area contributed by atoms with E-state index in [4.69, 9.17) is 11.6 Å². The molecule has 1 nitrogen and oxygen atoms in total. The van der Waals surface area contributed by atoms with Crippen LogP contribution in [-0.2, 0) is 0 Å². The van der Waals surface area contributed by atoms with Crippen molar-refractivity contribution in [2.45, 2.75) is 6.92 Å². The molecule has 104 valence electrons. The molecule has 0 aliphatic carbocycles. The first-order valence-electron chi connectivity index (χ1n) is 6.92. The Kier molecular flexibility index (Phi) is 3.94. The van der Waals surface area contributed by atoms with E-state index in [1.807, 2.05) is 24.3 Å². The molecule has 0 amide bonds. The smallest absolute Gasteiger partial charge is 0.0491 e. The number of aryl methyl sites for hydroxylation is 1. The van der Waals surface area contributed by atoms with Crippen LogP contribution in [0.2, 0.25) is 5.02 Å². The Bertz CT molecular complexity index is 684. The summed E-state index contributed by atoms with van der Waals surface area (Å²) in [6.07, 6.45) is 0. The van der Waals surface area contributed by atoms with E-state index in [9.17, 15) is 0 Å². The lowest BCUT2D eigenvalue weighted by molar-refractivity contribution is 1.25. The first-order chi connectivity index (χ1) is 10.3. The van der Waals surface area contributed by atoms with Crippen molar-refractivity contribution >= 4 is 28.7 Å². The van der Waals surface area contributed by atoms with E-state index < -0.39 is 0 Å². The molecule has 0 aliphatic rings. The lowest BCUT2D eigenvalue weighted by Gasteiger charge is -2.27. The van der Waals surface area contributed by atoms with Gasteiger partial charge >= 0.3 is 0 Å². The van der Waals surface area contributed by atoms with Crippen molar-refractivity contribution in [1.29, 1.82) is 0 Å². The number of benzene rings is 3. The van der Waals surface area contributed by atoms with Crippen molar-refractivity contribution in [3.63, 3.8) is 0 Å². The van der Waals surface area contributed by atoms with Crippen LogP contribution in [0, 0.1) is 6.92 Å². The van der Waals surface area contributed by atoms with Gasteiger partial charge in [0, 0.05) is 22.1 Å².